The van der Waals surface area contributed by atoms with Gasteiger partial charge in [-0.05, 0) is 67.4 Å². The molecule has 10 aromatic rings. The number of fused-ring (bicyclic) bond motifs is 10. The molecule has 10 rings (SSSR count). The molecule has 0 amide bonds. The number of benzene rings is 8. The summed E-state index contributed by atoms with van der Waals surface area (Å²) in [5.41, 5.74) is 2.95. The Bertz CT molecular complexity index is 2830. The highest BCUT2D eigenvalue weighted by Gasteiger charge is 2.18. The van der Waals surface area contributed by atoms with Crippen LogP contribution >= 0.6 is 11.3 Å². The summed E-state index contributed by atoms with van der Waals surface area (Å²) in [5.74, 6) is 2.00. The maximum atomic E-state index is 5.23. The summed E-state index contributed by atoms with van der Waals surface area (Å²) in [7, 11) is 0. The van der Waals surface area contributed by atoms with Crippen molar-refractivity contribution in [2.75, 3.05) is 0 Å². The van der Waals surface area contributed by atoms with Gasteiger partial charge in [0.15, 0.2) is 17.5 Å². The average molecular weight is 616 g/mol. The summed E-state index contributed by atoms with van der Waals surface area (Å²) in [5, 5.41) is 12.2. The highest BCUT2D eigenvalue weighted by Crippen LogP contribution is 2.41. The molecule has 0 saturated heterocycles. The van der Waals surface area contributed by atoms with Gasteiger partial charge in [0, 0.05) is 36.9 Å². The summed E-state index contributed by atoms with van der Waals surface area (Å²) >= 11 is 1.81. The second-order valence-corrected chi connectivity index (χ2v) is 13.1. The quantitative estimate of drug-likeness (QED) is 0.186. The fraction of sp³-hybridized carbons (Fsp3) is 0. The van der Waals surface area contributed by atoms with Gasteiger partial charge >= 0.3 is 0 Å². The third-order valence-electron chi connectivity index (χ3n) is 9.29. The second-order valence-electron chi connectivity index (χ2n) is 12.0. The summed E-state index contributed by atoms with van der Waals surface area (Å²) in [6, 6.07) is 53.9. The van der Waals surface area contributed by atoms with Crippen LogP contribution in [0.4, 0.5) is 0 Å². The molecule has 0 bridgehead atoms. The highest BCUT2D eigenvalue weighted by atomic mass is 32.1. The van der Waals surface area contributed by atoms with Crippen molar-refractivity contribution < 1.29 is 0 Å². The predicted molar refractivity (Wildman–Crippen MR) is 199 cm³/mol. The zero-order valence-corrected chi connectivity index (χ0v) is 26.0. The molecule has 0 atom stereocenters. The first-order valence-electron chi connectivity index (χ1n) is 15.8. The molecule has 0 spiro atoms. The summed E-state index contributed by atoms with van der Waals surface area (Å²) in [4.78, 5) is 15.6. The molecule has 47 heavy (non-hydrogen) atoms. The van der Waals surface area contributed by atoms with Crippen molar-refractivity contribution in [1.29, 1.82) is 0 Å². The van der Waals surface area contributed by atoms with E-state index in [1.54, 1.807) is 11.3 Å². The molecule has 0 fully saturated rings. The maximum Gasteiger partial charge on any atom is 0.164 e. The van der Waals surface area contributed by atoms with Crippen LogP contribution in [0.25, 0.3) is 97.4 Å². The Hall–Kier alpha value is -5.97. The lowest BCUT2D eigenvalue weighted by molar-refractivity contribution is 1.08. The zero-order chi connectivity index (χ0) is 30.9. The first-order chi connectivity index (χ1) is 23.3. The van der Waals surface area contributed by atoms with Crippen molar-refractivity contribution in [2.45, 2.75) is 0 Å². The highest BCUT2D eigenvalue weighted by molar-refractivity contribution is 7.25. The van der Waals surface area contributed by atoms with Gasteiger partial charge in [0.1, 0.15) is 0 Å². The normalized spacial score (nSPS) is 11.8. The standard InChI is InChI=1S/C43H25N3S/c1-2-11-27-24-28(21-20-26(27)10-1)41-44-42(46-43(45-41)36-17-9-19-39-40(36)35-16-7-8-18-38(35)47-39)29-22-23-34-32-14-4-3-12-30(32)31-13-5-6-15-33(31)37(34)25-29/h1-25H. The first kappa shape index (κ1) is 26.3. The van der Waals surface area contributed by atoms with Crippen LogP contribution in [0.5, 0.6) is 0 Å². The fourth-order valence-electron chi connectivity index (χ4n) is 7.09. The molecule has 0 N–H and O–H groups in total. The van der Waals surface area contributed by atoms with E-state index in [4.69, 9.17) is 15.0 Å². The number of hydrogen-bond acceptors (Lipinski definition) is 4. The predicted octanol–water partition coefficient (Wildman–Crippen LogP) is 11.9. The third-order valence-corrected chi connectivity index (χ3v) is 10.4. The van der Waals surface area contributed by atoms with Crippen LogP contribution < -0.4 is 0 Å². The molecule has 0 saturated carbocycles. The van der Waals surface area contributed by atoms with Crippen molar-refractivity contribution >= 4 is 74.6 Å². The van der Waals surface area contributed by atoms with Gasteiger partial charge in [-0.1, -0.05) is 127 Å². The van der Waals surface area contributed by atoms with Gasteiger partial charge in [-0.2, -0.15) is 0 Å². The smallest absolute Gasteiger partial charge is 0.164 e. The van der Waals surface area contributed by atoms with E-state index < -0.39 is 0 Å². The minimum absolute atomic E-state index is 0.661. The van der Waals surface area contributed by atoms with Gasteiger partial charge in [0.05, 0.1) is 0 Å². The lowest BCUT2D eigenvalue weighted by Gasteiger charge is -2.13. The number of rotatable bonds is 3. The van der Waals surface area contributed by atoms with Crippen molar-refractivity contribution in [3.05, 3.63) is 152 Å². The topological polar surface area (TPSA) is 38.7 Å². The maximum absolute atomic E-state index is 5.23. The van der Waals surface area contributed by atoms with Crippen LogP contribution in [0, 0.1) is 0 Å². The molecule has 0 unspecified atom stereocenters. The van der Waals surface area contributed by atoms with Crippen molar-refractivity contribution in [3.8, 4) is 34.2 Å². The number of aromatic nitrogens is 3. The first-order valence-corrected chi connectivity index (χ1v) is 16.6. The molecule has 8 aromatic carbocycles. The molecular weight excluding hydrogens is 591 g/mol. The van der Waals surface area contributed by atoms with Crippen LogP contribution in [-0.2, 0) is 0 Å². The zero-order valence-electron chi connectivity index (χ0n) is 25.2. The summed E-state index contributed by atoms with van der Waals surface area (Å²) in [6.45, 7) is 0. The summed E-state index contributed by atoms with van der Waals surface area (Å²) < 4.78 is 2.48. The van der Waals surface area contributed by atoms with E-state index in [1.807, 2.05) is 0 Å². The van der Waals surface area contributed by atoms with E-state index in [2.05, 4.69) is 152 Å². The Morgan fingerprint density at radius 1 is 0.340 bits per heavy atom. The molecule has 0 radical (unpaired) electrons. The van der Waals surface area contributed by atoms with E-state index in [1.165, 1.54) is 57.9 Å². The van der Waals surface area contributed by atoms with E-state index in [0.717, 1.165) is 22.1 Å². The Kier molecular flexibility index (Phi) is 5.74. The van der Waals surface area contributed by atoms with Gasteiger partial charge in [0.25, 0.3) is 0 Å². The Balaban J connectivity index is 1.26. The Labute approximate surface area is 274 Å². The second kappa shape index (κ2) is 10.3. The minimum atomic E-state index is 0.661. The summed E-state index contributed by atoms with van der Waals surface area (Å²) in [6.07, 6.45) is 0. The molecule has 0 aliphatic carbocycles. The van der Waals surface area contributed by atoms with Crippen LogP contribution in [0.15, 0.2) is 152 Å². The monoisotopic (exact) mass is 615 g/mol. The molecule has 3 nitrogen and oxygen atoms in total. The van der Waals surface area contributed by atoms with Crippen molar-refractivity contribution in [2.24, 2.45) is 0 Å². The largest absolute Gasteiger partial charge is 0.208 e. The van der Waals surface area contributed by atoms with Gasteiger partial charge in [0.2, 0.25) is 0 Å². The number of nitrogens with zero attached hydrogens (tertiary/aromatic N) is 3. The minimum Gasteiger partial charge on any atom is -0.208 e. The molecule has 0 aliphatic heterocycles. The fourth-order valence-corrected chi connectivity index (χ4v) is 8.22. The van der Waals surface area contributed by atoms with Crippen LogP contribution in [-0.4, -0.2) is 15.0 Å². The molecule has 0 aliphatic rings. The molecular formula is C43H25N3S. The number of thiophene rings is 1. The Morgan fingerprint density at radius 3 is 1.62 bits per heavy atom. The van der Waals surface area contributed by atoms with E-state index in [-0.39, 0.29) is 0 Å². The average Bonchev–Trinajstić information content (AvgIpc) is 3.53. The van der Waals surface area contributed by atoms with E-state index in [0.29, 0.717) is 17.5 Å². The van der Waals surface area contributed by atoms with Crippen molar-refractivity contribution in [3.63, 3.8) is 0 Å². The molecule has 2 aromatic heterocycles. The number of hydrogen-bond donors (Lipinski definition) is 0. The lowest BCUT2D eigenvalue weighted by atomic mass is 9.93. The van der Waals surface area contributed by atoms with Gasteiger partial charge in [-0.15, -0.1) is 11.3 Å². The molecule has 4 heteroatoms. The SMILES string of the molecule is c1ccc2cc(-c3nc(-c4ccc5c6ccccc6c6ccccc6c5c4)nc(-c4cccc5sc6ccccc6c45)n3)ccc2c1. The van der Waals surface area contributed by atoms with Crippen molar-refractivity contribution in [1.82, 2.24) is 15.0 Å². The lowest BCUT2D eigenvalue weighted by Crippen LogP contribution is -2.00. The molecule has 218 valence electrons. The van der Waals surface area contributed by atoms with E-state index >= 15 is 0 Å². The Morgan fingerprint density at radius 2 is 0.872 bits per heavy atom. The van der Waals surface area contributed by atoms with E-state index in [9.17, 15) is 0 Å². The van der Waals surface area contributed by atoms with Crippen LogP contribution in [0.3, 0.4) is 0 Å². The third kappa shape index (κ3) is 4.16. The van der Waals surface area contributed by atoms with Gasteiger partial charge in [-0.3, -0.25) is 0 Å². The van der Waals surface area contributed by atoms with Gasteiger partial charge in [-0.25, -0.2) is 15.0 Å². The van der Waals surface area contributed by atoms with Crippen LogP contribution in [0.1, 0.15) is 0 Å². The molecule has 2 heterocycles. The van der Waals surface area contributed by atoms with Crippen LogP contribution in [0.2, 0.25) is 0 Å². The van der Waals surface area contributed by atoms with Gasteiger partial charge < -0.3 is 0 Å².